The summed E-state index contributed by atoms with van der Waals surface area (Å²) in [6.07, 6.45) is -2.86. The molecule has 2 nitrogen and oxygen atoms in total. The van der Waals surface area contributed by atoms with E-state index < -0.39 is 11.7 Å². The molecule has 8 heteroatoms. The van der Waals surface area contributed by atoms with E-state index in [4.69, 9.17) is 23.2 Å². The molecule has 106 valence electrons. The van der Waals surface area contributed by atoms with E-state index in [1.165, 1.54) is 30.1 Å². The highest BCUT2D eigenvalue weighted by atomic mass is 35.5. The van der Waals surface area contributed by atoms with Crippen molar-refractivity contribution in [3.05, 3.63) is 51.9 Å². The molecule has 0 aliphatic carbocycles. The first-order valence-electron chi connectivity index (χ1n) is 5.33. The summed E-state index contributed by atoms with van der Waals surface area (Å²) >= 11 is 12.7. The van der Waals surface area contributed by atoms with Gasteiger partial charge in [0.2, 0.25) is 0 Å². The van der Waals surface area contributed by atoms with Gasteiger partial charge in [0.1, 0.15) is 5.03 Å². The first-order chi connectivity index (χ1) is 9.36. The van der Waals surface area contributed by atoms with Crippen LogP contribution in [0.2, 0.25) is 10.3 Å². The van der Waals surface area contributed by atoms with Crippen LogP contribution in [0.25, 0.3) is 0 Å². The van der Waals surface area contributed by atoms with E-state index in [0.29, 0.717) is 10.8 Å². The molecule has 0 amide bonds. The van der Waals surface area contributed by atoms with Crippen LogP contribution >= 0.6 is 35.0 Å². The number of rotatable bonds is 3. The Labute approximate surface area is 127 Å². The lowest BCUT2D eigenvalue weighted by Crippen LogP contribution is -2.04. The zero-order valence-electron chi connectivity index (χ0n) is 9.79. The first kappa shape index (κ1) is 15.4. The number of benzene rings is 1. The monoisotopic (exact) mass is 338 g/mol. The molecule has 0 aliphatic rings. The normalized spacial score (nSPS) is 11.7. The van der Waals surface area contributed by atoms with E-state index in [1.54, 1.807) is 0 Å². The minimum atomic E-state index is -4.32. The Morgan fingerprint density at radius 3 is 2.25 bits per heavy atom. The van der Waals surface area contributed by atoms with Crippen molar-refractivity contribution in [1.29, 1.82) is 0 Å². The van der Waals surface area contributed by atoms with Gasteiger partial charge in [-0.15, -0.1) is 11.8 Å². The molecule has 1 aromatic carbocycles. The van der Waals surface area contributed by atoms with Gasteiger partial charge in [-0.3, -0.25) is 0 Å². The molecule has 2 aromatic rings. The van der Waals surface area contributed by atoms with Crippen LogP contribution in [-0.4, -0.2) is 9.97 Å². The minimum absolute atomic E-state index is 0.101. The fourth-order valence-corrected chi connectivity index (χ4v) is 2.42. The third-order valence-corrected chi connectivity index (χ3v) is 3.94. The number of aromatic nitrogens is 2. The summed E-state index contributed by atoms with van der Waals surface area (Å²) in [5.74, 6) is 0.463. The molecular weight excluding hydrogens is 332 g/mol. The molecule has 0 unspecified atom stereocenters. The largest absolute Gasteiger partial charge is 0.416 e. The van der Waals surface area contributed by atoms with Crippen LogP contribution in [0.15, 0.2) is 35.5 Å². The van der Waals surface area contributed by atoms with Gasteiger partial charge < -0.3 is 0 Å². The van der Waals surface area contributed by atoms with E-state index in [2.05, 4.69) is 9.97 Å². The van der Waals surface area contributed by atoms with Gasteiger partial charge >= 0.3 is 6.18 Å². The summed E-state index contributed by atoms with van der Waals surface area (Å²) in [5, 5.41) is 0.772. The smallest absolute Gasteiger partial charge is 0.239 e. The van der Waals surface area contributed by atoms with E-state index in [1.807, 2.05) is 0 Å². The summed E-state index contributed by atoms with van der Waals surface area (Å²) in [6, 6.07) is 4.97. The van der Waals surface area contributed by atoms with Crippen LogP contribution in [0.5, 0.6) is 0 Å². The zero-order chi connectivity index (χ0) is 14.8. The predicted octanol–water partition coefficient (Wildman–Crippen LogP) is 5.09. The quantitative estimate of drug-likeness (QED) is 0.728. The van der Waals surface area contributed by atoms with Gasteiger partial charge in [-0.05, 0) is 17.7 Å². The second-order valence-electron chi connectivity index (χ2n) is 3.77. The van der Waals surface area contributed by atoms with Crippen molar-refractivity contribution >= 4 is 35.0 Å². The van der Waals surface area contributed by atoms with Crippen LogP contribution in [0.1, 0.15) is 11.1 Å². The molecular formula is C12H7Cl2F3N2S. The summed E-state index contributed by atoms with van der Waals surface area (Å²) in [4.78, 5) is 7.84. The maximum Gasteiger partial charge on any atom is 0.416 e. The van der Waals surface area contributed by atoms with Crippen molar-refractivity contribution in [2.24, 2.45) is 0 Å². The molecule has 0 aliphatic heterocycles. The summed E-state index contributed by atoms with van der Waals surface area (Å²) in [6.45, 7) is 0. The van der Waals surface area contributed by atoms with Crippen LogP contribution in [0.3, 0.4) is 0 Å². The third kappa shape index (κ3) is 4.01. The Hall–Kier alpha value is -0.980. The van der Waals surface area contributed by atoms with E-state index in [9.17, 15) is 13.2 Å². The Balaban J connectivity index is 2.02. The van der Waals surface area contributed by atoms with Gasteiger partial charge in [-0.25, -0.2) is 9.97 Å². The molecule has 0 saturated carbocycles. The van der Waals surface area contributed by atoms with E-state index >= 15 is 0 Å². The number of hydrogen-bond donors (Lipinski definition) is 0. The molecule has 0 saturated heterocycles. The summed E-state index contributed by atoms with van der Waals surface area (Å²) < 4.78 is 37.2. The van der Waals surface area contributed by atoms with E-state index in [0.717, 1.165) is 17.7 Å². The highest BCUT2D eigenvalue weighted by molar-refractivity contribution is 7.98. The number of thioether (sulfide) groups is 1. The molecule has 0 fully saturated rings. The lowest BCUT2D eigenvalue weighted by Gasteiger charge is -2.07. The van der Waals surface area contributed by atoms with Gasteiger partial charge in [-0.2, -0.15) is 13.2 Å². The van der Waals surface area contributed by atoms with Gasteiger partial charge in [0, 0.05) is 5.75 Å². The number of nitrogens with zero attached hydrogens (tertiary/aromatic N) is 2. The lowest BCUT2D eigenvalue weighted by atomic mass is 10.1. The SMILES string of the molecule is FC(F)(F)c1ccc(CSc2cnc(Cl)c(Cl)n2)cc1. The summed E-state index contributed by atoms with van der Waals surface area (Å²) in [5.41, 5.74) is 0.0800. The van der Waals surface area contributed by atoms with Gasteiger partial charge in [0.25, 0.3) is 0 Å². The van der Waals surface area contributed by atoms with Crippen molar-refractivity contribution in [2.45, 2.75) is 17.0 Å². The van der Waals surface area contributed by atoms with Crippen LogP contribution in [0.4, 0.5) is 13.2 Å². The van der Waals surface area contributed by atoms with Crippen molar-refractivity contribution in [2.75, 3.05) is 0 Å². The molecule has 0 spiro atoms. The Kier molecular flexibility index (Phi) is 4.78. The maximum atomic E-state index is 12.4. The molecule has 20 heavy (non-hydrogen) atoms. The van der Waals surface area contributed by atoms with Crippen LogP contribution in [0, 0.1) is 0 Å². The standard InChI is InChI=1S/C12H7Cl2F3N2S/c13-10-11(14)19-9(5-18-10)20-6-7-1-3-8(4-2-7)12(15,16)17/h1-5H,6H2. The average molecular weight is 339 g/mol. The third-order valence-electron chi connectivity index (χ3n) is 2.33. The molecule has 0 bridgehead atoms. The molecule has 0 atom stereocenters. The Morgan fingerprint density at radius 1 is 1.05 bits per heavy atom. The topological polar surface area (TPSA) is 25.8 Å². The zero-order valence-corrected chi connectivity index (χ0v) is 12.1. The number of halogens is 5. The number of alkyl halides is 3. The van der Waals surface area contributed by atoms with E-state index in [-0.39, 0.29) is 10.3 Å². The van der Waals surface area contributed by atoms with Crippen molar-refractivity contribution in [3.63, 3.8) is 0 Å². The van der Waals surface area contributed by atoms with Crippen molar-refractivity contribution in [3.8, 4) is 0 Å². The Bertz CT molecular complexity index is 603. The summed E-state index contributed by atoms with van der Waals surface area (Å²) in [7, 11) is 0. The fourth-order valence-electron chi connectivity index (χ4n) is 1.35. The average Bonchev–Trinajstić information content (AvgIpc) is 2.40. The lowest BCUT2D eigenvalue weighted by molar-refractivity contribution is -0.137. The minimum Gasteiger partial charge on any atom is -0.239 e. The van der Waals surface area contributed by atoms with Crippen molar-refractivity contribution < 1.29 is 13.2 Å². The van der Waals surface area contributed by atoms with Crippen LogP contribution in [-0.2, 0) is 11.9 Å². The van der Waals surface area contributed by atoms with Gasteiger partial charge in [0.05, 0.1) is 11.8 Å². The highest BCUT2D eigenvalue weighted by Gasteiger charge is 2.29. The molecule has 1 heterocycles. The second kappa shape index (κ2) is 6.20. The highest BCUT2D eigenvalue weighted by Crippen LogP contribution is 2.30. The molecule has 1 aromatic heterocycles. The second-order valence-corrected chi connectivity index (χ2v) is 5.48. The van der Waals surface area contributed by atoms with Gasteiger partial charge in [-0.1, -0.05) is 35.3 Å². The first-order valence-corrected chi connectivity index (χ1v) is 7.07. The molecule has 0 N–H and O–H groups in total. The van der Waals surface area contributed by atoms with Crippen molar-refractivity contribution in [1.82, 2.24) is 9.97 Å². The van der Waals surface area contributed by atoms with Crippen LogP contribution < -0.4 is 0 Å². The number of hydrogen-bond acceptors (Lipinski definition) is 3. The molecule has 2 rings (SSSR count). The van der Waals surface area contributed by atoms with Gasteiger partial charge in [0.15, 0.2) is 10.3 Å². The predicted molar refractivity (Wildman–Crippen MR) is 73.1 cm³/mol. The Morgan fingerprint density at radius 2 is 1.70 bits per heavy atom. The molecule has 0 radical (unpaired) electrons. The maximum absolute atomic E-state index is 12.4. The fraction of sp³-hybridized carbons (Fsp3) is 0.167.